The molecule has 3 aromatic rings. The first kappa shape index (κ1) is 20.0. The maximum Gasteiger partial charge on any atom is 0.254 e. The zero-order valence-corrected chi connectivity index (χ0v) is 16.9. The summed E-state index contributed by atoms with van der Waals surface area (Å²) >= 11 is 0. The predicted molar refractivity (Wildman–Crippen MR) is 119 cm³/mol. The molecule has 0 spiro atoms. The first-order valence-corrected chi connectivity index (χ1v) is 10.3. The Morgan fingerprint density at radius 2 is 1.40 bits per heavy atom. The van der Waals surface area contributed by atoms with Crippen LogP contribution in [-0.2, 0) is 11.3 Å². The van der Waals surface area contributed by atoms with Gasteiger partial charge in [0.05, 0.1) is 0 Å². The number of nitrogens with zero attached hydrogens (tertiary/aromatic N) is 2. The van der Waals surface area contributed by atoms with Crippen LogP contribution in [-0.4, -0.2) is 41.9 Å². The predicted octanol–water partition coefficient (Wildman–Crippen LogP) is 4.71. The smallest absolute Gasteiger partial charge is 0.254 e. The van der Waals surface area contributed by atoms with E-state index in [9.17, 15) is 9.18 Å². The standard InChI is InChI=1S/C26H25FN2O/c27-25-14-8-7-13-23(25)20-28-15-17-29(18-16-28)26(30)24(22-11-5-2-6-12-22)19-21-9-3-1-4-10-21/h1-14,19H,15-18,20H2/b24-19-. The van der Waals surface area contributed by atoms with Gasteiger partial charge in [-0.15, -0.1) is 0 Å². The van der Waals surface area contributed by atoms with Gasteiger partial charge < -0.3 is 4.90 Å². The van der Waals surface area contributed by atoms with Crippen LogP contribution in [0.2, 0.25) is 0 Å². The van der Waals surface area contributed by atoms with Crippen molar-refractivity contribution in [3.05, 3.63) is 107 Å². The van der Waals surface area contributed by atoms with Crippen molar-refractivity contribution in [3.63, 3.8) is 0 Å². The quantitative estimate of drug-likeness (QED) is 0.457. The number of hydrogen-bond donors (Lipinski definition) is 0. The van der Waals surface area contributed by atoms with Gasteiger partial charge in [0.15, 0.2) is 0 Å². The third kappa shape index (κ3) is 4.84. The third-order valence-electron chi connectivity index (χ3n) is 5.44. The lowest BCUT2D eigenvalue weighted by molar-refractivity contribution is -0.126. The van der Waals surface area contributed by atoms with E-state index in [1.807, 2.05) is 83.8 Å². The molecule has 1 aliphatic rings. The van der Waals surface area contributed by atoms with Gasteiger partial charge in [0, 0.05) is 43.9 Å². The maximum absolute atomic E-state index is 14.0. The van der Waals surface area contributed by atoms with E-state index in [0.717, 1.165) is 24.2 Å². The van der Waals surface area contributed by atoms with Gasteiger partial charge in [-0.2, -0.15) is 0 Å². The molecule has 0 atom stereocenters. The van der Waals surface area contributed by atoms with Crippen LogP contribution in [0.25, 0.3) is 11.6 Å². The van der Waals surface area contributed by atoms with Gasteiger partial charge in [-0.25, -0.2) is 4.39 Å². The lowest BCUT2D eigenvalue weighted by atomic mass is 10.0. The molecular weight excluding hydrogens is 375 g/mol. The first-order valence-electron chi connectivity index (χ1n) is 10.3. The highest BCUT2D eigenvalue weighted by Crippen LogP contribution is 2.22. The number of benzene rings is 3. The molecule has 0 aromatic heterocycles. The largest absolute Gasteiger partial charge is 0.336 e. The Balaban J connectivity index is 1.48. The van der Waals surface area contributed by atoms with Crippen molar-refractivity contribution in [2.75, 3.05) is 26.2 Å². The van der Waals surface area contributed by atoms with Gasteiger partial charge in [-0.1, -0.05) is 78.9 Å². The molecule has 0 bridgehead atoms. The van der Waals surface area contributed by atoms with Crippen LogP contribution < -0.4 is 0 Å². The molecule has 0 radical (unpaired) electrons. The van der Waals surface area contributed by atoms with E-state index in [1.54, 1.807) is 6.07 Å². The summed E-state index contributed by atoms with van der Waals surface area (Å²) in [5.41, 5.74) is 3.32. The molecular formula is C26H25FN2O. The Labute approximate surface area is 177 Å². The molecule has 3 aromatic carbocycles. The lowest BCUT2D eigenvalue weighted by Gasteiger charge is -2.35. The van der Waals surface area contributed by atoms with E-state index < -0.39 is 0 Å². The van der Waals surface area contributed by atoms with Crippen LogP contribution >= 0.6 is 0 Å². The zero-order valence-electron chi connectivity index (χ0n) is 16.9. The third-order valence-corrected chi connectivity index (χ3v) is 5.44. The van der Waals surface area contributed by atoms with Crippen molar-refractivity contribution in [1.29, 1.82) is 0 Å². The van der Waals surface area contributed by atoms with Crippen LogP contribution in [0, 0.1) is 5.82 Å². The summed E-state index contributed by atoms with van der Waals surface area (Å²) < 4.78 is 14.0. The van der Waals surface area contributed by atoms with Gasteiger partial charge in [0.1, 0.15) is 5.82 Å². The van der Waals surface area contributed by atoms with Crippen molar-refractivity contribution in [3.8, 4) is 0 Å². The molecule has 152 valence electrons. The van der Waals surface area contributed by atoms with Crippen molar-refractivity contribution < 1.29 is 9.18 Å². The van der Waals surface area contributed by atoms with Gasteiger partial charge in [0.2, 0.25) is 0 Å². The number of rotatable bonds is 5. The Morgan fingerprint density at radius 1 is 0.800 bits per heavy atom. The molecule has 30 heavy (non-hydrogen) atoms. The summed E-state index contributed by atoms with van der Waals surface area (Å²) in [6.07, 6.45) is 1.96. The lowest BCUT2D eigenvalue weighted by Crippen LogP contribution is -2.48. The SMILES string of the molecule is O=C(/C(=C\c1ccccc1)c1ccccc1)N1CCN(Cc2ccccc2F)CC1. The second-order valence-electron chi connectivity index (χ2n) is 7.49. The molecule has 0 saturated carbocycles. The minimum absolute atomic E-state index is 0.0376. The fourth-order valence-corrected chi connectivity index (χ4v) is 3.75. The average Bonchev–Trinajstić information content (AvgIpc) is 2.80. The molecule has 1 aliphatic heterocycles. The van der Waals surface area contributed by atoms with E-state index in [1.165, 1.54) is 6.07 Å². The molecule has 0 unspecified atom stereocenters. The van der Waals surface area contributed by atoms with Crippen LogP contribution in [0.15, 0.2) is 84.9 Å². The maximum atomic E-state index is 14.0. The van der Waals surface area contributed by atoms with Crippen LogP contribution in [0.5, 0.6) is 0 Å². The van der Waals surface area contributed by atoms with Crippen molar-refractivity contribution in [2.45, 2.75) is 6.54 Å². The molecule has 1 amide bonds. The van der Waals surface area contributed by atoms with Crippen molar-refractivity contribution in [1.82, 2.24) is 9.80 Å². The minimum Gasteiger partial charge on any atom is -0.336 e. The highest BCUT2D eigenvalue weighted by molar-refractivity contribution is 6.24. The Bertz CT molecular complexity index is 1010. The second kappa shape index (κ2) is 9.51. The summed E-state index contributed by atoms with van der Waals surface area (Å²) in [5, 5.41) is 0. The molecule has 3 nitrogen and oxygen atoms in total. The van der Waals surface area contributed by atoms with Gasteiger partial charge >= 0.3 is 0 Å². The highest BCUT2D eigenvalue weighted by Gasteiger charge is 2.24. The molecule has 0 N–H and O–H groups in total. The molecule has 0 aliphatic carbocycles. The normalized spacial score (nSPS) is 15.2. The Kier molecular flexibility index (Phi) is 6.35. The summed E-state index contributed by atoms with van der Waals surface area (Å²) in [6.45, 7) is 3.29. The van der Waals surface area contributed by atoms with E-state index in [4.69, 9.17) is 0 Å². The number of carbonyl (C=O) groups is 1. The van der Waals surface area contributed by atoms with Gasteiger partial charge in [-0.05, 0) is 23.3 Å². The van der Waals surface area contributed by atoms with E-state index in [-0.39, 0.29) is 11.7 Å². The molecule has 1 heterocycles. The highest BCUT2D eigenvalue weighted by atomic mass is 19.1. The fraction of sp³-hybridized carbons (Fsp3) is 0.192. The zero-order chi connectivity index (χ0) is 20.8. The van der Waals surface area contributed by atoms with E-state index in [0.29, 0.717) is 30.8 Å². The van der Waals surface area contributed by atoms with Gasteiger partial charge in [-0.3, -0.25) is 9.69 Å². The van der Waals surface area contributed by atoms with E-state index >= 15 is 0 Å². The number of piperazine rings is 1. The Morgan fingerprint density at radius 3 is 2.07 bits per heavy atom. The van der Waals surface area contributed by atoms with Crippen LogP contribution in [0.1, 0.15) is 16.7 Å². The van der Waals surface area contributed by atoms with Crippen LogP contribution in [0.4, 0.5) is 4.39 Å². The monoisotopic (exact) mass is 400 g/mol. The second-order valence-corrected chi connectivity index (χ2v) is 7.49. The summed E-state index contributed by atoms with van der Waals surface area (Å²) in [5.74, 6) is -0.135. The average molecular weight is 400 g/mol. The van der Waals surface area contributed by atoms with Crippen molar-refractivity contribution >= 4 is 17.6 Å². The molecule has 4 rings (SSSR count). The number of carbonyl (C=O) groups excluding carboxylic acids is 1. The summed E-state index contributed by atoms with van der Waals surface area (Å²) in [6, 6.07) is 26.6. The molecule has 4 heteroatoms. The summed E-state index contributed by atoms with van der Waals surface area (Å²) in [4.78, 5) is 17.5. The van der Waals surface area contributed by atoms with Crippen molar-refractivity contribution in [2.24, 2.45) is 0 Å². The first-order chi connectivity index (χ1) is 14.7. The van der Waals surface area contributed by atoms with E-state index in [2.05, 4.69) is 4.90 Å². The van der Waals surface area contributed by atoms with Gasteiger partial charge in [0.25, 0.3) is 5.91 Å². The van der Waals surface area contributed by atoms with Crippen LogP contribution in [0.3, 0.4) is 0 Å². The summed E-state index contributed by atoms with van der Waals surface area (Å²) in [7, 11) is 0. The number of halogens is 1. The topological polar surface area (TPSA) is 23.6 Å². The molecule has 1 saturated heterocycles. The fourth-order valence-electron chi connectivity index (χ4n) is 3.75. The molecule has 1 fully saturated rings. The Hall–Kier alpha value is -3.24. The minimum atomic E-state index is -0.173. The number of hydrogen-bond acceptors (Lipinski definition) is 2. The number of amides is 1.